The van der Waals surface area contributed by atoms with Crippen molar-refractivity contribution in [3.05, 3.63) is 58.6 Å². The van der Waals surface area contributed by atoms with Crippen molar-refractivity contribution in [2.45, 2.75) is 53.4 Å². The SMILES string of the molecule is COC(=O)C1C(C)=NC2=C(C(=O)CC(C)(C)C2)C1c1c(C)nn(-c2ccccc2)c1C. The summed E-state index contributed by atoms with van der Waals surface area (Å²) in [5, 5.41) is 4.78. The van der Waals surface area contributed by atoms with Gasteiger partial charge in [-0.05, 0) is 44.7 Å². The number of ether oxygens (including phenoxy) is 1. The van der Waals surface area contributed by atoms with E-state index in [1.165, 1.54) is 7.11 Å². The molecule has 0 fully saturated rings. The number of ketones is 1. The molecule has 2 atom stereocenters. The van der Waals surface area contributed by atoms with E-state index < -0.39 is 11.8 Å². The molecule has 31 heavy (non-hydrogen) atoms. The van der Waals surface area contributed by atoms with Gasteiger partial charge in [-0.3, -0.25) is 14.6 Å². The van der Waals surface area contributed by atoms with Crippen molar-refractivity contribution in [2.24, 2.45) is 16.3 Å². The zero-order valence-electron chi connectivity index (χ0n) is 19.0. The zero-order valence-corrected chi connectivity index (χ0v) is 19.0. The molecule has 1 aliphatic heterocycles. The molecule has 2 aromatic rings. The lowest BCUT2D eigenvalue weighted by molar-refractivity contribution is -0.143. The number of carbonyl (C=O) groups excluding carboxylic acids is 2. The van der Waals surface area contributed by atoms with Crippen LogP contribution in [0.4, 0.5) is 0 Å². The highest BCUT2D eigenvalue weighted by molar-refractivity contribution is 6.09. The third-order valence-electron chi connectivity index (χ3n) is 6.42. The predicted octanol–water partition coefficient (Wildman–Crippen LogP) is 4.48. The predicted molar refractivity (Wildman–Crippen MR) is 119 cm³/mol. The van der Waals surface area contributed by atoms with Gasteiger partial charge in [0.05, 0.1) is 18.5 Å². The number of carbonyl (C=O) groups is 2. The number of allylic oxidation sites excluding steroid dienone is 2. The van der Waals surface area contributed by atoms with E-state index in [2.05, 4.69) is 13.8 Å². The van der Waals surface area contributed by atoms with Crippen molar-refractivity contribution >= 4 is 17.5 Å². The summed E-state index contributed by atoms with van der Waals surface area (Å²) in [6.45, 7) is 9.97. The number of hydrogen-bond donors (Lipinski definition) is 0. The molecule has 0 saturated carbocycles. The lowest BCUT2D eigenvalue weighted by Crippen LogP contribution is -2.39. The standard InChI is InChI=1S/C25H29N3O3/c1-14-21(24(30)31-6)23(22-18(26-14)12-25(4,5)13-19(22)29)20-15(2)27-28(16(20)3)17-10-8-7-9-11-17/h7-11,21,23H,12-13H2,1-6H3. The topological polar surface area (TPSA) is 73.6 Å². The Morgan fingerprint density at radius 1 is 1.13 bits per heavy atom. The maximum atomic E-state index is 13.4. The van der Waals surface area contributed by atoms with Gasteiger partial charge in [-0.15, -0.1) is 0 Å². The van der Waals surface area contributed by atoms with Crippen LogP contribution in [0.15, 0.2) is 46.6 Å². The second kappa shape index (κ2) is 7.59. The maximum absolute atomic E-state index is 13.4. The molecule has 2 unspecified atom stereocenters. The number of para-hydroxylation sites is 1. The maximum Gasteiger partial charge on any atom is 0.315 e. The lowest BCUT2D eigenvalue weighted by atomic mass is 9.66. The van der Waals surface area contributed by atoms with E-state index in [9.17, 15) is 9.59 Å². The Kier molecular flexibility index (Phi) is 5.20. The van der Waals surface area contributed by atoms with E-state index in [0.29, 0.717) is 24.1 Å². The molecule has 2 heterocycles. The third kappa shape index (κ3) is 3.54. The largest absolute Gasteiger partial charge is 0.468 e. The number of aryl methyl sites for hydroxylation is 1. The van der Waals surface area contributed by atoms with Crippen molar-refractivity contribution in [2.75, 3.05) is 7.11 Å². The summed E-state index contributed by atoms with van der Waals surface area (Å²) in [4.78, 5) is 31.0. The fourth-order valence-corrected chi connectivity index (χ4v) is 5.11. The van der Waals surface area contributed by atoms with Crippen molar-refractivity contribution in [3.63, 3.8) is 0 Å². The summed E-state index contributed by atoms with van der Waals surface area (Å²) in [5.74, 6) is -1.39. The normalized spacial score (nSPS) is 22.8. The number of aliphatic imine (C=N–C) groups is 1. The summed E-state index contributed by atoms with van der Waals surface area (Å²) in [6.07, 6.45) is 1.15. The quantitative estimate of drug-likeness (QED) is 0.688. The molecule has 1 aliphatic carbocycles. The lowest BCUT2D eigenvalue weighted by Gasteiger charge is -2.38. The first-order valence-corrected chi connectivity index (χ1v) is 10.7. The first-order chi connectivity index (χ1) is 14.6. The Morgan fingerprint density at radius 3 is 2.45 bits per heavy atom. The van der Waals surface area contributed by atoms with Gasteiger partial charge in [-0.1, -0.05) is 32.0 Å². The van der Waals surface area contributed by atoms with Gasteiger partial charge in [0.1, 0.15) is 5.92 Å². The fourth-order valence-electron chi connectivity index (χ4n) is 5.11. The van der Waals surface area contributed by atoms with Crippen LogP contribution in [0.25, 0.3) is 5.69 Å². The molecule has 0 N–H and O–H groups in total. The minimum Gasteiger partial charge on any atom is -0.468 e. The molecule has 4 rings (SSSR count). The van der Waals surface area contributed by atoms with Crippen molar-refractivity contribution in [1.82, 2.24) is 9.78 Å². The molecule has 6 nitrogen and oxygen atoms in total. The van der Waals surface area contributed by atoms with Gasteiger partial charge in [0.2, 0.25) is 0 Å². The number of esters is 1. The minimum absolute atomic E-state index is 0.0627. The van der Waals surface area contributed by atoms with E-state index in [1.807, 2.05) is 55.8 Å². The molecule has 1 aromatic heterocycles. The summed E-state index contributed by atoms with van der Waals surface area (Å²) in [6, 6.07) is 9.88. The van der Waals surface area contributed by atoms with E-state index in [4.69, 9.17) is 14.8 Å². The van der Waals surface area contributed by atoms with Crippen LogP contribution in [0.1, 0.15) is 56.5 Å². The fraction of sp³-hybridized carbons (Fsp3) is 0.440. The zero-order chi connectivity index (χ0) is 22.5. The van der Waals surface area contributed by atoms with Gasteiger partial charge in [0.25, 0.3) is 0 Å². The molecule has 162 valence electrons. The van der Waals surface area contributed by atoms with E-state index in [0.717, 1.165) is 28.3 Å². The molecule has 0 radical (unpaired) electrons. The first kappa shape index (κ1) is 21.2. The number of nitrogens with zero attached hydrogens (tertiary/aromatic N) is 3. The molecular weight excluding hydrogens is 390 g/mol. The Balaban J connectivity index is 1.95. The smallest absolute Gasteiger partial charge is 0.315 e. The van der Waals surface area contributed by atoms with Gasteiger partial charge in [-0.2, -0.15) is 5.10 Å². The molecule has 0 saturated heterocycles. The van der Waals surface area contributed by atoms with Crippen molar-refractivity contribution in [3.8, 4) is 5.69 Å². The van der Waals surface area contributed by atoms with Crippen LogP contribution in [0.5, 0.6) is 0 Å². The number of benzene rings is 1. The van der Waals surface area contributed by atoms with Crippen LogP contribution in [0.3, 0.4) is 0 Å². The molecule has 0 bridgehead atoms. The summed E-state index contributed by atoms with van der Waals surface area (Å²) < 4.78 is 7.04. The Hall–Kier alpha value is -3.02. The van der Waals surface area contributed by atoms with E-state index in [1.54, 1.807) is 0 Å². The van der Waals surface area contributed by atoms with Gasteiger partial charge in [0.15, 0.2) is 5.78 Å². The number of hydrogen-bond acceptors (Lipinski definition) is 5. The van der Waals surface area contributed by atoms with E-state index in [-0.39, 0.29) is 17.2 Å². The number of aromatic nitrogens is 2. The molecule has 2 aliphatic rings. The number of rotatable bonds is 3. The van der Waals surface area contributed by atoms with Gasteiger partial charge >= 0.3 is 5.97 Å². The molecule has 0 amide bonds. The summed E-state index contributed by atoms with van der Waals surface area (Å²) >= 11 is 0. The second-order valence-electron chi connectivity index (χ2n) is 9.36. The Labute approximate surface area is 183 Å². The third-order valence-corrected chi connectivity index (χ3v) is 6.42. The van der Waals surface area contributed by atoms with Gasteiger partial charge in [0, 0.05) is 40.6 Å². The molecule has 1 aromatic carbocycles. The second-order valence-corrected chi connectivity index (χ2v) is 9.36. The van der Waals surface area contributed by atoms with Gasteiger partial charge in [-0.25, -0.2) is 4.68 Å². The highest BCUT2D eigenvalue weighted by Crippen LogP contribution is 2.49. The van der Waals surface area contributed by atoms with E-state index >= 15 is 0 Å². The summed E-state index contributed by atoms with van der Waals surface area (Å²) in [5.41, 5.74) is 5.56. The van der Waals surface area contributed by atoms with Crippen LogP contribution in [0, 0.1) is 25.2 Å². The summed E-state index contributed by atoms with van der Waals surface area (Å²) in [7, 11) is 1.38. The molecular formula is C25H29N3O3. The Bertz CT molecular complexity index is 1120. The van der Waals surface area contributed by atoms with Crippen LogP contribution in [-0.4, -0.2) is 34.4 Å². The molecule has 0 spiro atoms. The monoisotopic (exact) mass is 419 g/mol. The average molecular weight is 420 g/mol. The number of Topliss-reactive ketones (excluding diaryl/α,β-unsaturated/α-hetero) is 1. The van der Waals surface area contributed by atoms with Crippen LogP contribution in [-0.2, 0) is 14.3 Å². The average Bonchev–Trinajstić information content (AvgIpc) is 3.00. The van der Waals surface area contributed by atoms with Crippen LogP contribution in [0.2, 0.25) is 0 Å². The first-order valence-electron chi connectivity index (χ1n) is 10.7. The van der Waals surface area contributed by atoms with Crippen molar-refractivity contribution in [1.29, 1.82) is 0 Å². The molecule has 6 heteroatoms. The van der Waals surface area contributed by atoms with Crippen LogP contribution >= 0.6 is 0 Å². The number of methoxy groups -OCH3 is 1. The van der Waals surface area contributed by atoms with Gasteiger partial charge < -0.3 is 4.74 Å². The highest BCUT2D eigenvalue weighted by Gasteiger charge is 2.47. The Morgan fingerprint density at radius 2 is 1.81 bits per heavy atom. The minimum atomic E-state index is -0.639. The van der Waals surface area contributed by atoms with Crippen LogP contribution < -0.4 is 0 Å². The highest BCUT2D eigenvalue weighted by atomic mass is 16.5. The van der Waals surface area contributed by atoms with Crippen molar-refractivity contribution < 1.29 is 14.3 Å².